The zero-order valence-corrected chi connectivity index (χ0v) is 9.95. The lowest BCUT2D eigenvalue weighted by atomic mass is 10.1. The first-order valence-electron chi connectivity index (χ1n) is 5.69. The van der Waals surface area contributed by atoms with Crippen LogP contribution in [-0.4, -0.2) is 49.7 Å². The Hall–Kier alpha value is -0.610. The van der Waals surface area contributed by atoms with E-state index in [0.29, 0.717) is 0 Å². The van der Waals surface area contributed by atoms with Crippen LogP contribution in [0.1, 0.15) is 26.7 Å². The largest absolute Gasteiger partial charge is 0.367 e. The highest BCUT2D eigenvalue weighted by Crippen LogP contribution is 2.06. The molecule has 15 heavy (non-hydrogen) atoms. The summed E-state index contributed by atoms with van der Waals surface area (Å²) in [6.07, 6.45) is 2.41. The van der Waals surface area contributed by atoms with Crippen molar-refractivity contribution in [2.24, 2.45) is 0 Å². The van der Waals surface area contributed by atoms with Crippen molar-refractivity contribution >= 4 is 5.91 Å². The third-order valence-electron chi connectivity index (χ3n) is 2.86. The molecule has 0 aromatic carbocycles. The summed E-state index contributed by atoms with van der Waals surface area (Å²) in [5, 5.41) is 3.26. The molecule has 0 aliphatic carbocycles. The van der Waals surface area contributed by atoms with Gasteiger partial charge < -0.3 is 15.0 Å². The van der Waals surface area contributed by atoms with E-state index in [4.69, 9.17) is 4.74 Å². The molecule has 1 fully saturated rings. The van der Waals surface area contributed by atoms with Crippen molar-refractivity contribution in [1.29, 1.82) is 0 Å². The van der Waals surface area contributed by atoms with Gasteiger partial charge in [-0.25, -0.2) is 0 Å². The Balaban J connectivity index is 2.20. The van der Waals surface area contributed by atoms with Gasteiger partial charge in [0.05, 0.1) is 6.10 Å². The summed E-state index contributed by atoms with van der Waals surface area (Å²) in [7, 11) is 1.81. The highest BCUT2D eigenvalue weighted by Gasteiger charge is 2.17. The van der Waals surface area contributed by atoms with Gasteiger partial charge in [0.1, 0.15) is 6.61 Å². The van der Waals surface area contributed by atoms with Crippen LogP contribution in [-0.2, 0) is 9.53 Å². The molecule has 1 heterocycles. The Morgan fingerprint density at radius 3 is 2.87 bits per heavy atom. The van der Waals surface area contributed by atoms with Gasteiger partial charge in [-0.15, -0.1) is 0 Å². The zero-order valence-electron chi connectivity index (χ0n) is 9.95. The SMILES string of the molecule is CC(C)N(C)C(=O)COC1CCCNC1. The molecule has 1 N–H and O–H groups in total. The van der Waals surface area contributed by atoms with Crippen LogP contribution in [0.25, 0.3) is 0 Å². The Kier molecular flexibility index (Phi) is 5.05. The second-order valence-electron chi connectivity index (χ2n) is 4.38. The summed E-state index contributed by atoms with van der Waals surface area (Å²) in [6, 6.07) is 0.241. The van der Waals surface area contributed by atoms with Crippen LogP contribution in [0.3, 0.4) is 0 Å². The van der Waals surface area contributed by atoms with Crippen LogP contribution in [0.5, 0.6) is 0 Å². The van der Waals surface area contributed by atoms with Crippen LogP contribution >= 0.6 is 0 Å². The highest BCUT2D eigenvalue weighted by atomic mass is 16.5. The molecule has 0 bridgehead atoms. The molecular formula is C11H22N2O2. The van der Waals surface area contributed by atoms with Crippen molar-refractivity contribution in [2.45, 2.75) is 38.8 Å². The minimum Gasteiger partial charge on any atom is -0.367 e. The molecule has 1 unspecified atom stereocenters. The summed E-state index contributed by atoms with van der Waals surface area (Å²) in [4.78, 5) is 13.3. The monoisotopic (exact) mass is 214 g/mol. The average molecular weight is 214 g/mol. The molecule has 0 spiro atoms. The lowest BCUT2D eigenvalue weighted by molar-refractivity contribution is -0.138. The first-order valence-corrected chi connectivity index (χ1v) is 5.69. The van der Waals surface area contributed by atoms with E-state index in [2.05, 4.69) is 5.32 Å². The Morgan fingerprint density at radius 1 is 1.60 bits per heavy atom. The predicted octanol–water partition coefficient (Wildman–Crippen LogP) is 0.622. The van der Waals surface area contributed by atoms with Crippen LogP contribution in [0.2, 0.25) is 0 Å². The Labute approximate surface area is 92.0 Å². The third-order valence-corrected chi connectivity index (χ3v) is 2.86. The minimum absolute atomic E-state index is 0.0653. The number of likely N-dealkylation sites (N-methyl/N-ethyl adjacent to an activating group) is 1. The van der Waals surface area contributed by atoms with E-state index in [1.54, 1.807) is 4.90 Å². The number of hydrogen-bond donors (Lipinski definition) is 1. The van der Waals surface area contributed by atoms with Crippen LogP contribution < -0.4 is 5.32 Å². The van der Waals surface area contributed by atoms with E-state index in [0.717, 1.165) is 25.9 Å². The number of rotatable bonds is 4. The Morgan fingerprint density at radius 2 is 2.33 bits per heavy atom. The first-order chi connectivity index (χ1) is 7.11. The molecular weight excluding hydrogens is 192 g/mol. The Bertz CT molecular complexity index is 201. The van der Waals surface area contributed by atoms with Crippen molar-refractivity contribution in [3.05, 3.63) is 0 Å². The summed E-state index contributed by atoms with van der Waals surface area (Å²) in [6.45, 7) is 6.15. The second kappa shape index (κ2) is 6.08. The van der Waals surface area contributed by atoms with Gasteiger partial charge in [0.15, 0.2) is 0 Å². The van der Waals surface area contributed by atoms with Crippen molar-refractivity contribution < 1.29 is 9.53 Å². The maximum absolute atomic E-state index is 11.6. The number of carbonyl (C=O) groups is 1. The lowest BCUT2D eigenvalue weighted by Gasteiger charge is -2.25. The number of carbonyl (C=O) groups excluding carboxylic acids is 1. The lowest BCUT2D eigenvalue weighted by Crippen LogP contribution is -2.40. The zero-order chi connectivity index (χ0) is 11.3. The number of piperidine rings is 1. The van der Waals surface area contributed by atoms with Crippen LogP contribution in [0.15, 0.2) is 0 Å². The van der Waals surface area contributed by atoms with E-state index in [1.807, 2.05) is 20.9 Å². The van der Waals surface area contributed by atoms with Gasteiger partial charge >= 0.3 is 0 Å². The fraction of sp³-hybridized carbons (Fsp3) is 0.909. The second-order valence-corrected chi connectivity index (χ2v) is 4.38. The van der Waals surface area contributed by atoms with E-state index < -0.39 is 0 Å². The number of nitrogens with one attached hydrogen (secondary N) is 1. The molecule has 88 valence electrons. The summed E-state index contributed by atoms with van der Waals surface area (Å²) in [5.74, 6) is 0.0653. The number of ether oxygens (including phenoxy) is 1. The molecule has 0 aromatic rings. The molecule has 0 radical (unpaired) electrons. The summed E-state index contributed by atoms with van der Waals surface area (Å²) >= 11 is 0. The summed E-state index contributed by atoms with van der Waals surface area (Å²) < 4.78 is 5.56. The van der Waals surface area contributed by atoms with Crippen molar-refractivity contribution in [3.63, 3.8) is 0 Å². The van der Waals surface area contributed by atoms with Crippen molar-refractivity contribution in [1.82, 2.24) is 10.2 Å². The van der Waals surface area contributed by atoms with Gasteiger partial charge in [-0.1, -0.05) is 0 Å². The van der Waals surface area contributed by atoms with Gasteiger partial charge in [0.25, 0.3) is 0 Å². The molecule has 1 atom stereocenters. The van der Waals surface area contributed by atoms with E-state index in [-0.39, 0.29) is 24.7 Å². The van der Waals surface area contributed by atoms with E-state index >= 15 is 0 Å². The van der Waals surface area contributed by atoms with Crippen molar-refractivity contribution in [3.8, 4) is 0 Å². The molecule has 4 heteroatoms. The fourth-order valence-electron chi connectivity index (χ4n) is 1.54. The normalized spacial score (nSPS) is 21.7. The van der Waals surface area contributed by atoms with Gasteiger partial charge in [0, 0.05) is 19.6 Å². The first kappa shape index (κ1) is 12.5. The van der Waals surface area contributed by atoms with Gasteiger partial charge in [-0.2, -0.15) is 0 Å². The number of hydrogen-bond acceptors (Lipinski definition) is 3. The van der Waals surface area contributed by atoms with Gasteiger partial charge in [-0.3, -0.25) is 4.79 Å². The topological polar surface area (TPSA) is 41.6 Å². The molecule has 1 saturated heterocycles. The molecule has 1 aliphatic heterocycles. The van der Waals surface area contributed by atoms with Crippen LogP contribution in [0.4, 0.5) is 0 Å². The molecule has 0 saturated carbocycles. The molecule has 1 rings (SSSR count). The molecule has 4 nitrogen and oxygen atoms in total. The maximum atomic E-state index is 11.6. The fourth-order valence-corrected chi connectivity index (χ4v) is 1.54. The molecule has 1 amide bonds. The van der Waals surface area contributed by atoms with Crippen LogP contribution in [0, 0.1) is 0 Å². The predicted molar refractivity (Wildman–Crippen MR) is 59.7 cm³/mol. The quantitative estimate of drug-likeness (QED) is 0.746. The van der Waals surface area contributed by atoms with Crippen molar-refractivity contribution in [2.75, 3.05) is 26.7 Å². The standard InChI is InChI=1S/C11H22N2O2/c1-9(2)13(3)11(14)8-15-10-5-4-6-12-7-10/h9-10,12H,4-8H2,1-3H3. The minimum atomic E-state index is 0.0653. The average Bonchev–Trinajstić information content (AvgIpc) is 2.26. The van der Waals surface area contributed by atoms with E-state index in [9.17, 15) is 4.79 Å². The number of nitrogens with zero attached hydrogens (tertiary/aromatic N) is 1. The molecule has 0 aromatic heterocycles. The van der Waals surface area contributed by atoms with Gasteiger partial charge in [-0.05, 0) is 33.2 Å². The number of amides is 1. The highest BCUT2D eigenvalue weighted by molar-refractivity contribution is 5.77. The third kappa shape index (κ3) is 4.18. The maximum Gasteiger partial charge on any atom is 0.248 e. The smallest absolute Gasteiger partial charge is 0.248 e. The summed E-state index contributed by atoms with van der Waals surface area (Å²) in [5.41, 5.74) is 0. The molecule has 1 aliphatic rings. The van der Waals surface area contributed by atoms with Gasteiger partial charge in [0.2, 0.25) is 5.91 Å². The van der Waals surface area contributed by atoms with E-state index in [1.165, 1.54) is 0 Å².